The highest BCUT2D eigenvalue weighted by Crippen LogP contribution is 2.24. The van der Waals surface area contributed by atoms with E-state index in [9.17, 15) is 9.59 Å². The van der Waals surface area contributed by atoms with Crippen LogP contribution < -0.4 is 0 Å². The van der Waals surface area contributed by atoms with Crippen LogP contribution in [0, 0.1) is 6.92 Å². The molecule has 0 aliphatic carbocycles. The normalized spacial score (nSPS) is 10.2. The van der Waals surface area contributed by atoms with Crippen LogP contribution in [0.1, 0.15) is 28.8 Å². The van der Waals surface area contributed by atoms with Gasteiger partial charge in [-0.05, 0) is 36.8 Å². The van der Waals surface area contributed by atoms with E-state index in [1.165, 1.54) is 11.8 Å². The van der Waals surface area contributed by atoms with Crippen molar-refractivity contribution in [3.63, 3.8) is 0 Å². The van der Waals surface area contributed by atoms with Crippen LogP contribution in [-0.2, 0) is 4.79 Å². The number of thioether (sulfide) groups is 1. The number of carbonyl (C=O) groups is 2. The number of aryl methyl sites for hydroxylation is 1. The number of rotatable bonds is 6. The molecule has 4 nitrogen and oxygen atoms in total. The molecular formula is C12H14O4S. The van der Waals surface area contributed by atoms with Gasteiger partial charge in [-0.1, -0.05) is 6.07 Å². The number of aliphatic carboxylic acids is 1. The first-order valence-electron chi connectivity index (χ1n) is 5.19. The maximum Gasteiger partial charge on any atom is 0.335 e. The van der Waals surface area contributed by atoms with Crippen molar-refractivity contribution in [2.45, 2.75) is 24.7 Å². The Morgan fingerprint density at radius 2 is 2.00 bits per heavy atom. The van der Waals surface area contributed by atoms with Crippen molar-refractivity contribution in [2.24, 2.45) is 0 Å². The highest BCUT2D eigenvalue weighted by atomic mass is 32.2. The SMILES string of the molecule is Cc1ccc(C(=O)O)cc1SCCCC(=O)O. The van der Waals surface area contributed by atoms with E-state index in [1.54, 1.807) is 18.2 Å². The first kappa shape index (κ1) is 13.6. The van der Waals surface area contributed by atoms with E-state index in [0.29, 0.717) is 12.2 Å². The first-order valence-corrected chi connectivity index (χ1v) is 6.18. The van der Waals surface area contributed by atoms with E-state index in [4.69, 9.17) is 10.2 Å². The molecule has 0 atom stereocenters. The summed E-state index contributed by atoms with van der Waals surface area (Å²) in [6, 6.07) is 4.96. The Hall–Kier alpha value is -1.49. The summed E-state index contributed by atoms with van der Waals surface area (Å²) in [4.78, 5) is 22.0. The Labute approximate surface area is 104 Å². The Morgan fingerprint density at radius 3 is 2.59 bits per heavy atom. The van der Waals surface area contributed by atoms with Crippen molar-refractivity contribution >= 4 is 23.7 Å². The van der Waals surface area contributed by atoms with Crippen molar-refractivity contribution in [1.29, 1.82) is 0 Å². The van der Waals surface area contributed by atoms with Crippen LogP contribution in [0.3, 0.4) is 0 Å². The third kappa shape index (κ3) is 4.48. The van der Waals surface area contributed by atoms with Crippen LogP contribution in [0.5, 0.6) is 0 Å². The molecule has 0 radical (unpaired) electrons. The van der Waals surface area contributed by atoms with E-state index in [-0.39, 0.29) is 12.0 Å². The molecule has 0 aromatic heterocycles. The fourth-order valence-electron chi connectivity index (χ4n) is 1.29. The van der Waals surface area contributed by atoms with Crippen LogP contribution in [0.25, 0.3) is 0 Å². The maximum atomic E-state index is 10.8. The molecule has 0 heterocycles. The van der Waals surface area contributed by atoms with Gasteiger partial charge in [0.05, 0.1) is 5.56 Å². The molecule has 17 heavy (non-hydrogen) atoms. The van der Waals surface area contributed by atoms with Crippen molar-refractivity contribution in [1.82, 2.24) is 0 Å². The van der Waals surface area contributed by atoms with Crippen LogP contribution in [0.4, 0.5) is 0 Å². The van der Waals surface area contributed by atoms with Crippen molar-refractivity contribution < 1.29 is 19.8 Å². The summed E-state index contributed by atoms with van der Waals surface area (Å²) in [7, 11) is 0. The summed E-state index contributed by atoms with van der Waals surface area (Å²) < 4.78 is 0. The van der Waals surface area contributed by atoms with Gasteiger partial charge >= 0.3 is 11.9 Å². The third-order valence-electron chi connectivity index (χ3n) is 2.23. The van der Waals surface area contributed by atoms with Gasteiger partial charge in [-0.3, -0.25) is 4.79 Å². The van der Waals surface area contributed by atoms with E-state index < -0.39 is 11.9 Å². The minimum atomic E-state index is -0.947. The first-order chi connectivity index (χ1) is 8.00. The minimum absolute atomic E-state index is 0.144. The molecule has 5 heteroatoms. The third-order valence-corrected chi connectivity index (χ3v) is 3.47. The van der Waals surface area contributed by atoms with Crippen LogP contribution >= 0.6 is 11.8 Å². The van der Waals surface area contributed by atoms with Crippen molar-refractivity contribution in [2.75, 3.05) is 5.75 Å². The van der Waals surface area contributed by atoms with Gasteiger partial charge in [-0.2, -0.15) is 0 Å². The summed E-state index contributed by atoms with van der Waals surface area (Å²) in [5.41, 5.74) is 1.27. The molecule has 1 aromatic rings. The van der Waals surface area contributed by atoms with Crippen molar-refractivity contribution in [3.8, 4) is 0 Å². The molecule has 0 aliphatic rings. The second kappa shape index (κ2) is 6.30. The van der Waals surface area contributed by atoms with Crippen LogP contribution in [0.15, 0.2) is 23.1 Å². The summed E-state index contributed by atoms with van der Waals surface area (Å²) >= 11 is 1.49. The lowest BCUT2D eigenvalue weighted by molar-refractivity contribution is -0.137. The summed E-state index contributed by atoms with van der Waals surface area (Å²) in [5.74, 6) is -1.07. The molecule has 0 spiro atoms. The Balaban J connectivity index is 2.60. The van der Waals surface area contributed by atoms with E-state index in [2.05, 4.69) is 0 Å². The molecule has 0 saturated carbocycles. The molecule has 0 bridgehead atoms. The van der Waals surface area contributed by atoms with Gasteiger partial charge in [-0.25, -0.2) is 4.79 Å². The van der Waals surface area contributed by atoms with Crippen LogP contribution in [-0.4, -0.2) is 27.9 Å². The second-order valence-corrected chi connectivity index (χ2v) is 4.77. The predicted molar refractivity (Wildman–Crippen MR) is 65.7 cm³/mol. The number of carboxylic acid groups (broad SMARTS) is 2. The molecule has 1 rings (SSSR count). The quantitative estimate of drug-likeness (QED) is 0.603. The Kier molecular flexibility index (Phi) is 5.03. The lowest BCUT2D eigenvalue weighted by Gasteiger charge is -2.06. The molecule has 0 fully saturated rings. The van der Waals surface area contributed by atoms with E-state index in [0.717, 1.165) is 10.5 Å². The average molecular weight is 254 g/mol. The molecular weight excluding hydrogens is 240 g/mol. The molecule has 0 aliphatic heterocycles. The predicted octanol–water partition coefficient (Wildman–Crippen LogP) is 2.65. The van der Waals surface area contributed by atoms with Gasteiger partial charge in [-0.15, -0.1) is 11.8 Å². The topological polar surface area (TPSA) is 74.6 Å². The summed E-state index contributed by atoms with van der Waals surface area (Å²) in [6.45, 7) is 1.91. The molecule has 2 N–H and O–H groups in total. The smallest absolute Gasteiger partial charge is 0.335 e. The van der Waals surface area contributed by atoms with Gasteiger partial charge in [0.15, 0.2) is 0 Å². The second-order valence-electron chi connectivity index (χ2n) is 3.63. The zero-order valence-corrected chi connectivity index (χ0v) is 10.3. The zero-order chi connectivity index (χ0) is 12.8. The maximum absolute atomic E-state index is 10.8. The number of hydrogen-bond acceptors (Lipinski definition) is 3. The number of benzene rings is 1. The molecule has 0 saturated heterocycles. The lowest BCUT2D eigenvalue weighted by atomic mass is 10.1. The fourth-order valence-corrected chi connectivity index (χ4v) is 2.31. The summed E-state index contributed by atoms with van der Waals surface area (Å²) in [6.07, 6.45) is 0.724. The highest BCUT2D eigenvalue weighted by Gasteiger charge is 2.06. The Bertz CT molecular complexity index is 429. The van der Waals surface area contributed by atoms with Gasteiger partial charge in [0.25, 0.3) is 0 Å². The fraction of sp³-hybridized carbons (Fsp3) is 0.333. The molecule has 1 aromatic carbocycles. The highest BCUT2D eigenvalue weighted by molar-refractivity contribution is 7.99. The molecule has 0 unspecified atom stereocenters. The summed E-state index contributed by atoms with van der Waals surface area (Å²) in [5, 5.41) is 17.4. The number of carboxylic acids is 2. The molecule has 92 valence electrons. The minimum Gasteiger partial charge on any atom is -0.481 e. The van der Waals surface area contributed by atoms with Gasteiger partial charge in [0.2, 0.25) is 0 Å². The van der Waals surface area contributed by atoms with Gasteiger partial charge < -0.3 is 10.2 Å². The van der Waals surface area contributed by atoms with E-state index in [1.807, 2.05) is 6.92 Å². The lowest BCUT2D eigenvalue weighted by Crippen LogP contribution is -1.98. The standard InChI is InChI=1S/C12H14O4S/c1-8-4-5-9(12(15)16)7-10(8)17-6-2-3-11(13)14/h4-5,7H,2-3,6H2,1H3,(H,13,14)(H,15,16). The largest absolute Gasteiger partial charge is 0.481 e. The average Bonchev–Trinajstić information content (AvgIpc) is 2.25. The number of aromatic carboxylic acids is 1. The van der Waals surface area contributed by atoms with Crippen molar-refractivity contribution in [3.05, 3.63) is 29.3 Å². The van der Waals surface area contributed by atoms with Gasteiger partial charge in [0, 0.05) is 11.3 Å². The van der Waals surface area contributed by atoms with Gasteiger partial charge in [0.1, 0.15) is 0 Å². The number of hydrogen-bond donors (Lipinski definition) is 2. The zero-order valence-electron chi connectivity index (χ0n) is 9.47. The monoisotopic (exact) mass is 254 g/mol. The van der Waals surface area contributed by atoms with E-state index >= 15 is 0 Å². The molecule has 0 amide bonds. The Morgan fingerprint density at radius 1 is 1.29 bits per heavy atom. The van der Waals surface area contributed by atoms with Crippen LogP contribution in [0.2, 0.25) is 0 Å².